The van der Waals surface area contributed by atoms with Crippen LogP contribution in [0, 0.1) is 0 Å². The van der Waals surface area contributed by atoms with Gasteiger partial charge < -0.3 is 9.90 Å². The van der Waals surface area contributed by atoms with E-state index in [0.29, 0.717) is 0 Å². The van der Waals surface area contributed by atoms with Gasteiger partial charge in [0.15, 0.2) is 0 Å². The van der Waals surface area contributed by atoms with Crippen LogP contribution in [0.2, 0.25) is 0 Å². The summed E-state index contributed by atoms with van der Waals surface area (Å²) in [5.74, 6) is 0. The highest BCUT2D eigenvalue weighted by atomic mass is 32.3. The summed E-state index contributed by atoms with van der Waals surface area (Å²) < 4.78 is 73.4. The van der Waals surface area contributed by atoms with Crippen molar-refractivity contribution in [3.8, 4) is 0 Å². The van der Waals surface area contributed by atoms with Crippen molar-refractivity contribution in [1.82, 2.24) is 0 Å². The number of rotatable bonds is 1. The van der Waals surface area contributed by atoms with E-state index in [9.17, 15) is 8.42 Å². The number of carbonyl (C=O) groups is 1. The molecule has 0 heterocycles. The van der Waals surface area contributed by atoms with E-state index < -0.39 is 35.0 Å². The summed E-state index contributed by atoms with van der Waals surface area (Å²) in [6.45, 7) is 2.00. The Kier molecular flexibility index (Phi) is 42.7. The van der Waals surface area contributed by atoms with Crippen molar-refractivity contribution in [3.63, 3.8) is 0 Å². The maximum absolute atomic E-state index is 9.44. The van der Waals surface area contributed by atoms with Crippen molar-refractivity contribution in [2.75, 3.05) is 14.2 Å². The van der Waals surface area contributed by atoms with Crippen molar-refractivity contribution in [2.24, 2.45) is 0 Å². The molecule has 0 aliphatic carbocycles. The lowest BCUT2D eigenvalue weighted by Crippen LogP contribution is -1.96. The minimum atomic E-state index is -4.67. The molecule has 12 heteroatoms. The molecule has 0 atom stereocenters. The van der Waals surface area contributed by atoms with Crippen LogP contribution in [0.15, 0.2) is 0 Å². The van der Waals surface area contributed by atoms with Crippen LogP contribution in [0.25, 0.3) is 0 Å². The molecule has 0 aromatic carbocycles. The molecule has 0 unspecified atom stereocenters. The third-order valence-corrected chi connectivity index (χ3v) is 0.447. The maximum Gasteiger partial charge on any atom is 0.397 e. The monoisotopic (exact) mass is 322 g/mol. The van der Waals surface area contributed by atoms with Gasteiger partial charge in [-0.25, -0.2) is 0 Å². The summed E-state index contributed by atoms with van der Waals surface area (Å²) in [5.41, 5.74) is 0. The van der Waals surface area contributed by atoms with E-state index in [2.05, 4.69) is 4.18 Å². The molecule has 0 bridgehead atoms. The largest absolute Gasteiger partial charge is 0.400 e. The van der Waals surface area contributed by atoms with Gasteiger partial charge >= 0.3 is 20.8 Å². The first kappa shape index (κ1) is 30.4. The molecule has 0 amide bonds. The molecule has 0 aromatic heterocycles. The van der Waals surface area contributed by atoms with Crippen LogP contribution in [-0.4, -0.2) is 56.6 Å². The van der Waals surface area contributed by atoms with Crippen molar-refractivity contribution in [2.45, 2.75) is 22.3 Å². The molecule has 0 spiro atoms. The minimum absolute atomic E-state index is 0. The Morgan fingerprint density at radius 3 is 1.17 bits per heavy atom. The number of aliphatic hydroxyl groups excluding tert-OH is 1. The highest BCUT2D eigenvalue weighted by molar-refractivity contribution is 7.80. The lowest BCUT2D eigenvalue weighted by Gasteiger charge is -1.82. The lowest BCUT2D eigenvalue weighted by molar-refractivity contribution is -0.0980. The molecule has 0 aliphatic rings. The van der Waals surface area contributed by atoms with E-state index in [-0.39, 0.29) is 22.3 Å². The van der Waals surface area contributed by atoms with E-state index in [1.165, 1.54) is 0 Å². The molecule has 10 nitrogen and oxygen atoms in total. The average molecular weight is 322 g/mol. The van der Waals surface area contributed by atoms with Crippen molar-refractivity contribution >= 4 is 27.6 Å². The summed E-state index contributed by atoms with van der Waals surface area (Å²) in [7, 11) is -10.3. The second-order valence-corrected chi connectivity index (χ2v) is 2.98. The third-order valence-electron chi connectivity index (χ3n) is 0.149. The van der Waals surface area contributed by atoms with E-state index in [1.807, 2.05) is 6.79 Å². The molecule has 120 valence electrons. The SMILES string of the molecule is C.C.C.C=O.O=S(=O)(O)O.[2H]CO.[2H]COS(=O)(=O)O. The first-order chi connectivity index (χ1) is 7.47. The highest BCUT2D eigenvalue weighted by Crippen LogP contribution is 1.74. The zero-order valence-corrected chi connectivity index (χ0v) is 8.81. The standard InChI is InChI=1S/CH4O4S.CH4O.CH2O.3CH4.H2O4S/c1-5-6(2,3)4;2*1-2;;;;1-5(2,3)4/h1H3,(H,2,3,4);2H,1H3;1H2;3*1H4;(H2,1,2,3,4)/i2*1D;;;;;. The van der Waals surface area contributed by atoms with Crippen LogP contribution in [0.5, 0.6) is 0 Å². The summed E-state index contributed by atoms with van der Waals surface area (Å²) in [6, 6.07) is 0. The fourth-order valence-corrected chi connectivity index (χ4v) is 0. The second kappa shape index (κ2) is 25.3. The molecule has 0 saturated carbocycles. The quantitative estimate of drug-likeness (QED) is 0.485. The van der Waals surface area contributed by atoms with E-state index in [0.717, 1.165) is 0 Å². The van der Waals surface area contributed by atoms with Crippen molar-refractivity contribution < 1.29 is 47.3 Å². The lowest BCUT2D eigenvalue weighted by atomic mass is 11.8. The fourth-order valence-electron chi connectivity index (χ4n) is 0. The average Bonchev–Trinajstić information content (AvgIpc) is 2.03. The second-order valence-electron chi connectivity index (χ2n) is 0.993. The summed E-state index contributed by atoms with van der Waals surface area (Å²) in [4.78, 5) is 8.00. The van der Waals surface area contributed by atoms with Gasteiger partial charge in [0.05, 0.1) is 9.83 Å². The van der Waals surface area contributed by atoms with Crippen LogP contribution in [0.4, 0.5) is 0 Å². The van der Waals surface area contributed by atoms with Gasteiger partial charge in [0.2, 0.25) is 0 Å². The number of aliphatic hydroxyl groups is 1. The van der Waals surface area contributed by atoms with Crippen LogP contribution >= 0.6 is 0 Å². The zero-order valence-electron chi connectivity index (χ0n) is 9.18. The van der Waals surface area contributed by atoms with Gasteiger partial charge in [-0.1, -0.05) is 22.3 Å². The molecule has 4 N–H and O–H groups in total. The van der Waals surface area contributed by atoms with Gasteiger partial charge in [0.25, 0.3) is 0 Å². The summed E-state index contributed by atoms with van der Waals surface area (Å²) >= 11 is 0. The molecule has 0 rings (SSSR count). The summed E-state index contributed by atoms with van der Waals surface area (Å²) in [6.07, 6.45) is 0. The zero-order chi connectivity index (χ0) is 15.1. The van der Waals surface area contributed by atoms with E-state index in [4.69, 9.17) is 34.7 Å². The van der Waals surface area contributed by atoms with Crippen molar-refractivity contribution in [3.05, 3.63) is 0 Å². The summed E-state index contributed by atoms with van der Waals surface area (Å²) in [5, 5.41) is 7.24. The highest BCUT2D eigenvalue weighted by Gasteiger charge is 1.94. The van der Waals surface area contributed by atoms with Gasteiger partial charge in [0, 0.05) is 7.09 Å². The Morgan fingerprint density at radius 1 is 1.00 bits per heavy atom. The smallest absolute Gasteiger partial charge is 0.397 e. The molecular formula is C6H24O10S2. The number of hydrogen-bond acceptors (Lipinski definition) is 7. The topological polar surface area (TPSA) is 176 Å². The van der Waals surface area contributed by atoms with Gasteiger partial charge in [-0.2, -0.15) is 16.8 Å². The molecule has 0 aromatic rings. The molecular weight excluding hydrogens is 296 g/mol. The van der Waals surface area contributed by atoms with Gasteiger partial charge in [-0.05, 0) is 0 Å². The first-order valence-corrected chi connectivity index (χ1v) is 5.04. The number of hydrogen-bond donors (Lipinski definition) is 4. The van der Waals surface area contributed by atoms with Gasteiger partial charge in [-0.3, -0.25) is 17.8 Å². The molecule has 18 heavy (non-hydrogen) atoms. The van der Waals surface area contributed by atoms with Crippen LogP contribution < -0.4 is 0 Å². The maximum atomic E-state index is 9.44. The van der Waals surface area contributed by atoms with Gasteiger partial charge in [-0.15, -0.1) is 0 Å². The van der Waals surface area contributed by atoms with E-state index in [1.54, 1.807) is 0 Å². The predicted octanol–water partition coefficient (Wildman–Crippen LogP) is 0.115. The normalized spacial score (nSPS) is 9.11. The molecule has 0 radical (unpaired) electrons. The van der Waals surface area contributed by atoms with Crippen molar-refractivity contribution in [1.29, 1.82) is 0 Å². The predicted molar refractivity (Wildman–Crippen MR) is 68.2 cm³/mol. The third kappa shape index (κ3) is 565. The van der Waals surface area contributed by atoms with Crippen LogP contribution in [-0.2, 0) is 29.8 Å². The molecule has 0 saturated heterocycles. The van der Waals surface area contributed by atoms with E-state index >= 15 is 0 Å². The number of carbonyl (C=O) groups excluding carboxylic acids is 1. The Bertz CT molecular complexity index is 320. The van der Waals surface area contributed by atoms with Gasteiger partial charge in [0.1, 0.15) is 6.79 Å². The fraction of sp³-hybridized carbons (Fsp3) is 0.833. The van der Waals surface area contributed by atoms with Crippen LogP contribution in [0.3, 0.4) is 0 Å². The Labute approximate surface area is 112 Å². The first-order valence-electron chi connectivity index (χ1n) is 3.69. The van der Waals surface area contributed by atoms with Crippen LogP contribution in [0.1, 0.15) is 25.0 Å². The molecule has 0 aliphatic heterocycles. The minimum Gasteiger partial charge on any atom is -0.400 e. The Balaban J connectivity index is -0.0000000234. The Hall–Kier alpha value is -0.630. The molecule has 0 fully saturated rings. The Morgan fingerprint density at radius 2 is 1.17 bits per heavy atom.